The molecule has 0 aliphatic heterocycles. The minimum absolute atomic E-state index is 0.0399. The average molecular weight is 231 g/mol. The molecule has 0 aromatic carbocycles. The Balaban J connectivity index is 3.88. The quantitative estimate of drug-likeness (QED) is 0.494. The number of anilines is 1. The molecule has 0 aliphatic carbocycles. The highest BCUT2D eigenvalue weighted by Crippen LogP contribution is 2.06. The van der Waals surface area contributed by atoms with Crippen molar-refractivity contribution in [2.45, 2.75) is 0 Å². The number of nitrogens with zero attached hydrogens (tertiary/aromatic N) is 2. The van der Waals surface area contributed by atoms with Gasteiger partial charge in [-0.1, -0.05) is 12.2 Å². The van der Waals surface area contributed by atoms with E-state index in [1.807, 2.05) is 0 Å². The zero-order chi connectivity index (χ0) is 11.0. The molecule has 5 nitrogen and oxygen atoms in total. The molecule has 0 fully saturated rings. The van der Waals surface area contributed by atoms with E-state index < -0.39 is 11.2 Å². The third-order valence-electron chi connectivity index (χ3n) is 1.92. The molecule has 7 heteroatoms. The molecule has 1 heterocycles. The van der Waals surface area contributed by atoms with Crippen molar-refractivity contribution in [3.63, 3.8) is 0 Å². The van der Waals surface area contributed by atoms with E-state index in [2.05, 4.69) is 12.6 Å². The van der Waals surface area contributed by atoms with E-state index in [1.54, 1.807) is 0 Å². The lowest BCUT2D eigenvalue weighted by molar-refractivity contribution is 0.692. The molecule has 0 amide bonds. The van der Waals surface area contributed by atoms with E-state index in [9.17, 15) is 9.59 Å². The standard InChI is InChI=1S/C7H9N3O2S2/c1-9-4(8)3(6(13)14)5(11)10(2)7(9)12/h8H2,1-2H3,(H,13,14). The number of nitrogens with two attached hydrogens (primary N) is 1. The van der Waals surface area contributed by atoms with E-state index in [-0.39, 0.29) is 15.6 Å². The molecule has 2 N–H and O–H groups in total. The second-order valence-electron chi connectivity index (χ2n) is 2.77. The summed E-state index contributed by atoms with van der Waals surface area (Å²) < 4.78 is 2.17. The molecule has 0 saturated heterocycles. The number of hydrogen-bond donors (Lipinski definition) is 2. The lowest BCUT2D eigenvalue weighted by atomic mass is 10.3. The molecule has 1 aromatic heterocycles. The maximum atomic E-state index is 11.5. The van der Waals surface area contributed by atoms with Gasteiger partial charge in [-0.05, 0) is 0 Å². The molecule has 1 aromatic rings. The van der Waals surface area contributed by atoms with Crippen molar-refractivity contribution < 1.29 is 0 Å². The normalized spacial score (nSPS) is 10.2. The number of rotatable bonds is 1. The molecule has 0 atom stereocenters. The Morgan fingerprint density at radius 3 is 2.29 bits per heavy atom. The second-order valence-corrected chi connectivity index (χ2v) is 3.93. The van der Waals surface area contributed by atoms with Crippen LogP contribution in [0.1, 0.15) is 5.56 Å². The number of nitrogen functional groups attached to an aromatic ring is 1. The second kappa shape index (κ2) is 3.58. The van der Waals surface area contributed by atoms with Crippen LogP contribution < -0.4 is 17.0 Å². The fraction of sp³-hybridized carbons (Fsp3) is 0.286. The summed E-state index contributed by atoms with van der Waals surface area (Å²) in [6.07, 6.45) is 0. The Kier molecular flexibility index (Phi) is 2.81. The predicted octanol–water partition coefficient (Wildman–Crippen LogP) is -0.729. The zero-order valence-electron chi connectivity index (χ0n) is 7.64. The molecule has 1 rings (SSSR count). The summed E-state index contributed by atoms with van der Waals surface area (Å²) in [5.74, 6) is 0.0399. The Morgan fingerprint density at radius 1 is 1.36 bits per heavy atom. The Labute approximate surface area is 90.6 Å². The summed E-state index contributed by atoms with van der Waals surface area (Å²) in [4.78, 5) is 22.9. The van der Waals surface area contributed by atoms with Crippen molar-refractivity contribution in [2.75, 3.05) is 5.73 Å². The van der Waals surface area contributed by atoms with E-state index >= 15 is 0 Å². The predicted molar refractivity (Wildman–Crippen MR) is 62.0 cm³/mol. The monoisotopic (exact) mass is 231 g/mol. The molecule has 0 spiro atoms. The Morgan fingerprint density at radius 2 is 1.86 bits per heavy atom. The van der Waals surface area contributed by atoms with E-state index in [0.29, 0.717) is 0 Å². The van der Waals surface area contributed by atoms with Crippen LogP contribution in [0.15, 0.2) is 9.59 Å². The summed E-state index contributed by atoms with van der Waals surface area (Å²) in [6, 6.07) is 0. The molecule has 76 valence electrons. The molecular weight excluding hydrogens is 222 g/mol. The van der Waals surface area contributed by atoms with Crippen LogP contribution >= 0.6 is 24.8 Å². The molecule has 0 unspecified atom stereocenters. The van der Waals surface area contributed by atoms with Gasteiger partial charge in [0, 0.05) is 14.1 Å². The molecule has 14 heavy (non-hydrogen) atoms. The van der Waals surface area contributed by atoms with Gasteiger partial charge in [-0.25, -0.2) is 4.79 Å². The van der Waals surface area contributed by atoms with E-state index in [1.165, 1.54) is 14.1 Å². The minimum Gasteiger partial charge on any atom is -0.384 e. The molecular formula is C7H9N3O2S2. The highest BCUT2D eigenvalue weighted by molar-refractivity contribution is 8.11. The van der Waals surface area contributed by atoms with Gasteiger partial charge >= 0.3 is 5.69 Å². The summed E-state index contributed by atoms with van der Waals surface area (Å²) in [7, 11) is 2.83. The minimum atomic E-state index is -0.523. The van der Waals surface area contributed by atoms with Gasteiger partial charge in [0.2, 0.25) is 0 Å². The first-order chi connectivity index (χ1) is 6.37. The van der Waals surface area contributed by atoms with Gasteiger partial charge in [0.15, 0.2) is 0 Å². The van der Waals surface area contributed by atoms with E-state index in [4.69, 9.17) is 18.0 Å². The van der Waals surface area contributed by atoms with Crippen molar-refractivity contribution in [1.82, 2.24) is 9.13 Å². The maximum Gasteiger partial charge on any atom is 0.332 e. The summed E-state index contributed by atoms with van der Waals surface area (Å²) in [5, 5.41) is 0. The third kappa shape index (κ3) is 1.48. The van der Waals surface area contributed by atoms with Crippen LogP contribution in [0.3, 0.4) is 0 Å². The van der Waals surface area contributed by atoms with E-state index in [0.717, 1.165) is 9.13 Å². The average Bonchev–Trinajstić information content (AvgIpc) is 2.11. The SMILES string of the molecule is Cn1c(N)c(C(=S)S)c(=O)n(C)c1=O. The molecule has 0 saturated carbocycles. The van der Waals surface area contributed by atoms with Crippen molar-refractivity contribution in [3.8, 4) is 0 Å². The molecule has 0 aliphatic rings. The van der Waals surface area contributed by atoms with Crippen LogP contribution in [-0.2, 0) is 14.1 Å². The fourth-order valence-corrected chi connectivity index (χ4v) is 1.46. The first kappa shape index (κ1) is 11.0. The Hall–Kier alpha value is -1.08. The van der Waals surface area contributed by atoms with Crippen LogP contribution in [0.2, 0.25) is 0 Å². The first-order valence-electron chi connectivity index (χ1n) is 3.66. The van der Waals surface area contributed by atoms with Gasteiger partial charge in [-0.2, -0.15) is 0 Å². The van der Waals surface area contributed by atoms with Crippen molar-refractivity contribution in [2.24, 2.45) is 14.1 Å². The van der Waals surface area contributed by atoms with Crippen molar-refractivity contribution in [3.05, 3.63) is 26.4 Å². The largest absolute Gasteiger partial charge is 0.384 e. The van der Waals surface area contributed by atoms with Crippen LogP contribution in [0.5, 0.6) is 0 Å². The number of thiol groups is 1. The third-order valence-corrected chi connectivity index (χ3v) is 2.35. The topological polar surface area (TPSA) is 70.0 Å². The first-order valence-corrected chi connectivity index (χ1v) is 4.52. The van der Waals surface area contributed by atoms with Crippen LogP contribution in [0.4, 0.5) is 5.82 Å². The van der Waals surface area contributed by atoms with Gasteiger partial charge in [0.05, 0.1) is 4.20 Å². The lowest BCUT2D eigenvalue weighted by Gasteiger charge is -2.09. The van der Waals surface area contributed by atoms with Gasteiger partial charge in [-0.3, -0.25) is 13.9 Å². The summed E-state index contributed by atoms with van der Waals surface area (Å²) >= 11 is 8.63. The maximum absolute atomic E-state index is 11.5. The van der Waals surface area contributed by atoms with Crippen molar-refractivity contribution in [1.29, 1.82) is 0 Å². The highest BCUT2D eigenvalue weighted by atomic mass is 32.1. The van der Waals surface area contributed by atoms with Crippen LogP contribution in [-0.4, -0.2) is 13.3 Å². The Bertz CT molecular complexity index is 515. The van der Waals surface area contributed by atoms with Gasteiger partial charge in [0.1, 0.15) is 11.4 Å². The summed E-state index contributed by atoms with van der Waals surface area (Å²) in [5.41, 5.74) is 4.65. The highest BCUT2D eigenvalue weighted by Gasteiger charge is 2.14. The zero-order valence-corrected chi connectivity index (χ0v) is 9.35. The summed E-state index contributed by atoms with van der Waals surface area (Å²) in [6.45, 7) is 0. The molecule has 0 bridgehead atoms. The smallest absolute Gasteiger partial charge is 0.332 e. The lowest BCUT2D eigenvalue weighted by Crippen LogP contribution is -2.40. The molecule has 0 radical (unpaired) electrons. The van der Waals surface area contributed by atoms with Gasteiger partial charge < -0.3 is 5.73 Å². The fourth-order valence-electron chi connectivity index (χ4n) is 1.06. The van der Waals surface area contributed by atoms with Crippen molar-refractivity contribution >= 4 is 34.9 Å². The number of aromatic nitrogens is 2. The van der Waals surface area contributed by atoms with Crippen LogP contribution in [0.25, 0.3) is 0 Å². The van der Waals surface area contributed by atoms with Gasteiger partial charge in [-0.15, -0.1) is 12.6 Å². The number of thiocarbonyl (C=S) groups is 1. The van der Waals surface area contributed by atoms with Crippen LogP contribution in [0, 0.1) is 0 Å². The van der Waals surface area contributed by atoms with Gasteiger partial charge in [0.25, 0.3) is 5.56 Å². The number of hydrogen-bond acceptors (Lipinski definition) is 4.